The van der Waals surface area contributed by atoms with Crippen molar-refractivity contribution < 1.29 is 9.53 Å². The molecule has 0 radical (unpaired) electrons. The van der Waals surface area contributed by atoms with Crippen molar-refractivity contribution in [3.8, 4) is 5.75 Å². The van der Waals surface area contributed by atoms with Crippen molar-refractivity contribution in [2.75, 3.05) is 33.3 Å². The van der Waals surface area contributed by atoms with Crippen LogP contribution in [-0.2, 0) is 13.6 Å². The SMILES string of the molecule is CN(CCN(CCCOc1ccc2c(ccc(=O)n2C)c1)Cc1ccncc1)C(=O)c1ccccc1.Cl.Cl. The van der Waals surface area contributed by atoms with Gasteiger partial charge in [0.25, 0.3) is 11.5 Å². The molecule has 2 aromatic heterocycles. The first kappa shape index (κ1) is 30.8. The van der Waals surface area contributed by atoms with Crippen LogP contribution in [0.15, 0.2) is 90.0 Å². The third kappa shape index (κ3) is 8.31. The number of pyridine rings is 2. The van der Waals surface area contributed by atoms with E-state index < -0.39 is 0 Å². The molecule has 0 spiro atoms. The zero-order valence-corrected chi connectivity index (χ0v) is 23.3. The number of rotatable bonds is 11. The summed E-state index contributed by atoms with van der Waals surface area (Å²) in [5, 5.41) is 0.972. The van der Waals surface area contributed by atoms with E-state index in [0.717, 1.165) is 42.7 Å². The van der Waals surface area contributed by atoms with Gasteiger partial charge in [0.1, 0.15) is 5.75 Å². The Hall–Kier alpha value is -3.39. The number of hydrogen-bond donors (Lipinski definition) is 0. The molecule has 0 N–H and O–H groups in total. The van der Waals surface area contributed by atoms with E-state index in [1.165, 1.54) is 5.56 Å². The Morgan fingerprint density at radius 1 is 0.921 bits per heavy atom. The lowest BCUT2D eigenvalue weighted by molar-refractivity contribution is 0.0774. The Morgan fingerprint density at radius 3 is 2.39 bits per heavy atom. The van der Waals surface area contributed by atoms with Crippen LogP contribution in [0, 0.1) is 0 Å². The van der Waals surface area contributed by atoms with Gasteiger partial charge in [-0.05, 0) is 60.5 Å². The van der Waals surface area contributed by atoms with Gasteiger partial charge in [0.2, 0.25) is 0 Å². The van der Waals surface area contributed by atoms with E-state index >= 15 is 0 Å². The Morgan fingerprint density at radius 2 is 1.66 bits per heavy atom. The van der Waals surface area contributed by atoms with Crippen molar-refractivity contribution >= 4 is 41.6 Å². The van der Waals surface area contributed by atoms with Crippen LogP contribution < -0.4 is 10.3 Å². The number of aryl methyl sites for hydroxylation is 1. The second-order valence-corrected chi connectivity index (χ2v) is 8.88. The van der Waals surface area contributed by atoms with E-state index in [4.69, 9.17) is 4.74 Å². The van der Waals surface area contributed by atoms with Crippen molar-refractivity contribution in [1.29, 1.82) is 0 Å². The first-order chi connectivity index (χ1) is 17.5. The number of halogens is 2. The summed E-state index contributed by atoms with van der Waals surface area (Å²) in [5.74, 6) is 0.812. The third-order valence-corrected chi connectivity index (χ3v) is 6.26. The Bertz CT molecular complexity index is 1350. The Balaban J connectivity index is 0.00000253. The maximum atomic E-state index is 12.7. The van der Waals surface area contributed by atoms with Gasteiger partial charge in [-0.3, -0.25) is 19.5 Å². The molecule has 0 bridgehead atoms. The van der Waals surface area contributed by atoms with Crippen molar-refractivity contribution in [2.24, 2.45) is 7.05 Å². The van der Waals surface area contributed by atoms with Crippen LogP contribution in [0.4, 0.5) is 0 Å². The Kier molecular flexibility index (Phi) is 12.3. The average molecular weight is 558 g/mol. The molecule has 0 aliphatic heterocycles. The number of carbonyl (C=O) groups is 1. The van der Waals surface area contributed by atoms with Crippen LogP contribution in [-0.4, -0.2) is 58.5 Å². The molecular formula is C29H34Cl2N4O3. The molecule has 1 amide bonds. The summed E-state index contributed by atoms with van der Waals surface area (Å²) >= 11 is 0. The average Bonchev–Trinajstić information content (AvgIpc) is 2.92. The van der Waals surface area contributed by atoms with E-state index in [-0.39, 0.29) is 36.3 Å². The highest BCUT2D eigenvalue weighted by molar-refractivity contribution is 5.94. The van der Waals surface area contributed by atoms with E-state index in [0.29, 0.717) is 18.7 Å². The molecule has 38 heavy (non-hydrogen) atoms. The number of likely N-dealkylation sites (N-methyl/N-ethyl adjacent to an activating group) is 1. The van der Waals surface area contributed by atoms with Gasteiger partial charge < -0.3 is 14.2 Å². The van der Waals surface area contributed by atoms with E-state index in [1.807, 2.05) is 73.8 Å². The number of ether oxygens (including phenoxy) is 1. The van der Waals surface area contributed by atoms with Crippen molar-refractivity contribution in [1.82, 2.24) is 19.4 Å². The van der Waals surface area contributed by atoms with Crippen molar-refractivity contribution in [3.05, 3.63) is 107 Å². The predicted octanol–water partition coefficient (Wildman–Crippen LogP) is 4.82. The summed E-state index contributed by atoms with van der Waals surface area (Å²) in [4.78, 5) is 32.8. The number of carbonyl (C=O) groups excluding carboxylic acids is 1. The van der Waals surface area contributed by atoms with Crippen LogP contribution in [0.3, 0.4) is 0 Å². The summed E-state index contributed by atoms with van der Waals surface area (Å²) in [6.07, 6.45) is 4.45. The minimum atomic E-state index is -0.0263. The quantitative estimate of drug-likeness (QED) is 0.248. The number of nitrogens with zero attached hydrogens (tertiary/aromatic N) is 4. The molecule has 202 valence electrons. The lowest BCUT2D eigenvalue weighted by Crippen LogP contribution is -2.37. The lowest BCUT2D eigenvalue weighted by atomic mass is 10.2. The maximum Gasteiger partial charge on any atom is 0.253 e. The van der Waals surface area contributed by atoms with Crippen LogP contribution in [0.1, 0.15) is 22.3 Å². The summed E-state index contributed by atoms with van der Waals surface area (Å²) in [6.45, 7) is 3.56. The first-order valence-corrected chi connectivity index (χ1v) is 12.2. The van der Waals surface area contributed by atoms with Gasteiger partial charge in [-0.15, -0.1) is 24.8 Å². The molecule has 0 saturated carbocycles. The molecule has 0 saturated heterocycles. The highest BCUT2D eigenvalue weighted by atomic mass is 35.5. The largest absolute Gasteiger partial charge is 0.494 e. The van der Waals surface area contributed by atoms with Crippen LogP contribution in [0.25, 0.3) is 10.9 Å². The summed E-state index contributed by atoms with van der Waals surface area (Å²) in [5.41, 5.74) is 2.74. The van der Waals surface area contributed by atoms with Gasteiger partial charge in [0.05, 0.1) is 12.1 Å². The van der Waals surface area contributed by atoms with Crippen molar-refractivity contribution in [3.63, 3.8) is 0 Å². The minimum Gasteiger partial charge on any atom is -0.494 e. The number of aromatic nitrogens is 2. The zero-order valence-electron chi connectivity index (χ0n) is 21.7. The fourth-order valence-corrected chi connectivity index (χ4v) is 4.14. The molecule has 4 rings (SSSR count). The fourth-order valence-electron chi connectivity index (χ4n) is 4.14. The molecule has 2 heterocycles. The predicted molar refractivity (Wildman–Crippen MR) is 157 cm³/mol. The molecule has 2 aromatic carbocycles. The normalized spacial score (nSPS) is 10.5. The standard InChI is InChI=1S/C29H32N4O3.2ClH/c1-31(29(35)24-7-4-3-5-8-24)18-19-33(22-23-13-15-30-16-14-23)17-6-20-36-26-10-11-27-25(21-26)9-12-28(34)32(27)2;;/h3-5,7-16,21H,6,17-20,22H2,1-2H3;2*1H. The van der Waals surface area contributed by atoms with Crippen LogP contribution >= 0.6 is 24.8 Å². The molecule has 0 aliphatic carbocycles. The van der Waals surface area contributed by atoms with Gasteiger partial charge in [-0.1, -0.05) is 18.2 Å². The van der Waals surface area contributed by atoms with Crippen LogP contribution in [0.5, 0.6) is 5.75 Å². The molecular weight excluding hydrogens is 523 g/mol. The fraction of sp³-hybridized carbons (Fsp3) is 0.276. The first-order valence-electron chi connectivity index (χ1n) is 12.2. The zero-order chi connectivity index (χ0) is 25.3. The lowest BCUT2D eigenvalue weighted by Gasteiger charge is -2.26. The summed E-state index contributed by atoms with van der Waals surface area (Å²) in [6, 6.07) is 22.6. The molecule has 0 atom stereocenters. The molecule has 0 aliphatic rings. The number of benzene rings is 2. The van der Waals surface area contributed by atoms with E-state index in [9.17, 15) is 9.59 Å². The van der Waals surface area contributed by atoms with Gasteiger partial charge in [0.15, 0.2) is 0 Å². The Labute approximate surface area is 235 Å². The third-order valence-electron chi connectivity index (χ3n) is 6.26. The van der Waals surface area contributed by atoms with Crippen LogP contribution in [0.2, 0.25) is 0 Å². The smallest absolute Gasteiger partial charge is 0.253 e. The summed E-state index contributed by atoms with van der Waals surface area (Å²) < 4.78 is 7.65. The highest BCUT2D eigenvalue weighted by Gasteiger charge is 2.13. The second kappa shape index (κ2) is 15.1. The molecule has 4 aromatic rings. The minimum absolute atomic E-state index is 0. The van der Waals surface area contributed by atoms with Gasteiger partial charge >= 0.3 is 0 Å². The summed E-state index contributed by atoms with van der Waals surface area (Å²) in [7, 11) is 3.62. The van der Waals surface area contributed by atoms with Gasteiger partial charge in [0, 0.05) is 69.7 Å². The number of hydrogen-bond acceptors (Lipinski definition) is 5. The van der Waals surface area contributed by atoms with Gasteiger partial charge in [-0.2, -0.15) is 0 Å². The van der Waals surface area contributed by atoms with E-state index in [2.05, 4.69) is 9.88 Å². The topological polar surface area (TPSA) is 67.7 Å². The van der Waals surface area contributed by atoms with Gasteiger partial charge in [-0.25, -0.2) is 0 Å². The van der Waals surface area contributed by atoms with Crippen molar-refractivity contribution in [2.45, 2.75) is 13.0 Å². The molecule has 0 fully saturated rings. The maximum absolute atomic E-state index is 12.7. The monoisotopic (exact) mass is 556 g/mol. The molecule has 0 unspecified atom stereocenters. The number of fused-ring (bicyclic) bond motifs is 1. The molecule has 9 heteroatoms. The molecule has 7 nitrogen and oxygen atoms in total. The highest BCUT2D eigenvalue weighted by Crippen LogP contribution is 2.19. The second-order valence-electron chi connectivity index (χ2n) is 8.88. The number of amides is 1. The van der Waals surface area contributed by atoms with E-state index in [1.54, 1.807) is 35.0 Å².